The number of rotatable bonds is 6. The number of benzene rings is 1. The van der Waals surface area contributed by atoms with Gasteiger partial charge in [-0.05, 0) is 24.6 Å². The van der Waals surface area contributed by atoms with Crippen LogP contribution >= 0.6 is 0 Å². The van der Waals surface area contributed by atoms with E-state index in [4.69, 9.17) is 19.9 Å². The van der Waals surface area contributed by atoms with Gasteiger partial charge in [0.1, 0.15) is 17.1 Å². The third-order valence-corrected chi connectivity index (χ3v) is 3.91. The molecule has 2 N–H and O–H groups in total. The number of carbonyl (C=O) groups excluding carboxylic acids is 1. The average Bonchev–Trinajstić information content (AvgIpc) is 3.01. The summed E-state index contributed by atoms with van der Waals surface area (Å²) in [6.07, 6.45) is 1.41. The van der Waals surface area contributed by atoms with Gasteiger partial charge >= 0.3 is 5.97 Å². The molecule has 0 saturated carbocycles. The van der Waals surface area contributed by atoms with E-state index in [1.165, 1.54) is 10.7 Å². The summed E-state index contributed by atoms with van der Waals surface area (Å²) < 4.78 is 16.9. The normalized spacial score (nSPS) is 10.9. The van der Waals surface area contributed by atoms with Gasteiger partial charge in [0.05, 0.1) is 31.6 Å². The van der Waals surface area contributed by atoms with E-state index >= 15 is 0 Å². The molecule has 0 aliphatic carbocycles. The van der Waals surface area contributed by atoms with Crippen molar-refractivity contribution in [3.05, 3.63) is 41.7 Å². The van der Waals surface area contributed by atoms with Crippen molar-refractivity contribution in [2.45, 2.75) is 13.5 Å². The summed E-state index contributed by atoms with van der Waals surface area (Å²) in [6.45, 7) is 2.26. The van der Waals surface area contributed by atoms with Crippen molar-refractivity contribution in [1.82, 2.24) is 14.6 Å². The molecule has 3 rings (SSSR count). The summed E-state index contributed by atoms with van der Waals surface area (Å²) in [5.41, 5.74) is 9.20. The predicted molar refractivity (Wildman–Crippen MR) is 96.1 cm³/mol. The number of carbonyl (C=O) groups is 1. The van der Waals surface area contributed by atoms with Crippen molar-refractivity contribution < 1.29 is 19.0 Å². The highest BCUT2D eigenvalue weighted by Crippen LogP contribution is 2.31. The number of nitrogens with two attached hydrogens (primary N) is 1. The fraction of sp³-hybridized carbons (Fsp3) is 0.278. The second-order valence-electron chi connectivity index (χ2n) is 5.50. The largest absolute Gasteiger partial charge is 0.497 e. The number of methoxy groups -OCH3 is 2. The van der Waals surface area contributed by atoms with Gasteiger partial charge in [-0.15, -0.1) is 0 Å². The van der Waals surface area contributed by atoms with Gasteiger partial charge in [0.2, 0.25) is 0 Å². The summed E-state index contributed by atoms with van der Waals surface area (Å²) in [6, 6.07) is 7.52. The number of nitrogens with zero attached hydrogens (tertiary/aromatic N) is 3. The molecule has 0 radical (unpaired) electrons. The van der Waals surface area contributed by atoms with Crippen LogP contribution in [-0.2, 0) is 16.1 Å². The van der Waals surface area contributed by atoms with E-state index in [1.807, 2.05) is 24.3 Å². The number of ether oxygens (including phenoxy) is 3. The number of esters is 1. The SMILES string of the molecule is CCOC(=O)c1cnc2c(-c3ccc(OC)cc3)c(COC)nn2c1N. The first-order valence-corrected chi connectivity index (χ1v) is 8.07. The molecular formula is C18H20N4O4. The molecule has 136 valence electrons. The van der Waals surface area contributed by atoms with Crippen LogP contribution in [0.25, 0.3) is 16.8 Å². The Bertz CT molecular complexity index is 935. The maximum atomic E-state index is 12.0. The predicted octanol–water partition coefficient (Wildman–Crippen LogP) is 2.31. The van der Waals surface area contributed by atoms with Crippen LogP contribution in [-0.4, -0.2) is 41.4 Å². The zero-order valence-electron chi connectivity index (χ0n) is 14.9. The highest BCUT2D eigenvalue weighted by atomic mass is 16.5. The highest BCUT2D eigenvalue weighted by molar-refractivity contribution is 5.95. The van der Waals surface area contributed by atoms with Gasteiger partial charge in [0.25, 0.3) is 0 Å². The van der Waals surface area contributed by atoms with Crippen LogP contribution in [0.3, 0.4) is 0 Å². The maximum Gasteiger partial charge on any atom is 0.343 e. The molecule has 0 saturated heterocycles. The van der Waals surface area contributed by atoms with Crippen LogP contribution in [0.2, 0.25) is 0 Å². The molecule has 2 heterocycles. The maximum absolute atomic E-state index is 12.0. The topological polar surface area (TPSA) is 101 Å². The first kappa shape index (κ1) is 17.7. The van der Waals surface area contributed by atoms with Gasteiger partial charge in [0, 0.05) is 13.3 Å². The van der Waals surface area contributed by atoms with E-state index in [0.29, 0.717) is 11.3 Å². The number of hydrogen-bond donors (Lipinski definition) is 1. The molecule has 0 aliphatic rings. The molecule has 0 fully saturated rings. The van der Waals surface area contributed by atoms with Crippen LogP contribution in [0.1, 0.15) is 23.0 Å². The first-order chi connectivity index (χ1) is 12.6. The lowest BCUT2D eigenvalue weighted by Gasteiger charge is -2.07. The molecule has 0 bridgehead atoms. The second-order valence-corrected chi connectivity index (χ2v) is 5.50. The molecule has 0 spiro atoms. The summed E-state index contributed by atoms with van der Waals surface area (Å²) in [4.78, 5) is 16.4. The van der Waals surface area contributed by atoms with Crippen LogP contribution in [0.15, 0.2) is 30.5 Å². The molecule has 0 amide bonds. The molecule has 0 atom stereocenters. The minimum Gasteiger partial charge on any atom is -0.497 e. The van der Waals surface area contributed by atoms with E-state index in [0.717, 1.165) is 16.9 Å². The van der Waals surface area contributed by atoms with Gasteiger partial charge in [-0.3, -0.25) is 0 Å². The van der Waals surface area contributed by atoms with Crippen LogP contribution in [0.5, 0.6) is 5.75 Å². The van der Waals surface area contributed by atoms with Crippen molar-refractivity contribution in [2.24, 2.45) is 0 Å². The molecule has 26 heavy (non-hydrogen) atoms. The van der Waals surface area contributed by atoms with Crippen LogP contribution in [0, 0.1) is 0 Å². The molecule has 8 heteroatoms. The number of fused-ring (bicyclic) bond motifs is 1. The second kappa shape index (κ2) is 7.40. The Labute approximate surface area is 150 Å². The van der Waals surface area contributed by atoms with Gasteiger partial charge in [-0.1, -0.05) is 12.1 Å². The van der Waals surface area contributed by atoms with E-state index in [9.17, 15) is 4.79 Å². The number of nitrogen functional groups attached to an aromatic ring is 1. The minimum atomic E-state index is -0.533. The standard InChI is InChI=1S/C18H20N4O4/c1-4-26-18(23)13-9-20-17-15(11-5-7-12(25-3)8-6-11)14(10-24-2)21-22(17)16(13)19/h5-9H,4,10,19H2,1-3H3. The summed E-state index contributed by atoms with van der Waals surface area (Å²) in [5.74, 6) is 0.385. The third kappa shape index (κ3) is 3.06. The Morgan fingerprint density at radius 1 is 1.23 bits per heavy atom. The average molecular weight is 356 g/mol. The Kier molecular flexibility index (Phi) is 5.04. The van der Waals surface area contributed by atoms with E-state index in [-0.39, 0.29) is 24.6 Å². The number of hydrogen-bond acceptors (Lipinski definition) is 7. The molecule has 0 unspecified atom stereocenters. The minimum absolute atomic E-state index is 0.172. The van der Waals surface area contributed by atoms with Crippen molar-refractivity contribution >= 4 is 17.4 Å². The molecule has 8 nitrogen and oxygen atoms in total. The van der Waals surface area contributed by atoms with Gasteiger partial charge in [0.15, 0.2) is 5.65 Å². The monoisotopic (exact) mass is 356 g/mol. The zero-order chi connectivity index (χ0) is 18.7. The zero-order valence-corrected chi connectivity index (χ0v) is 14.9. The first-order valence-electron chi connectivity index (χ1n) is 8.07. The molecule has 1 aromatic carbocycles. The third-order valence-electron chi connectivity index (χ3n) is 3.91. The molecule has 0 aliphatic heterocycles. The lowest BCUT2D eigenvalue weighted by molar-refractivity contribution is 0.0526. The Morgan fingerprint density at radius 2 is 1.96 bits per heavy atom. The highest BCUT2D eigenvalue weighted by Gasteiger charge is 2.21. The molecule has 3 aromatic rings. The number of anilines is 1. The Morgan fingerprint density at radius 3 is 2.58 bits per heavy atom. The van der Waals surface area contributed by atoms with Gasteiger partial charge < -0.3 is 19.9 Å². The van der Waals surface area contributed by atoms with Gasteiger partial charge in [-0.2, -0.15) is 9.61 Å². The van der Waals surface area contributed by atoms with Crippen LogP contribution in [0.4, 0.5) is 5.82 Å². The molecule has 2 aromatic heterocycles. The lowest BCUT2D eigenvalue weighted by atomic mass is 10.1. The van der Waals surface area contributed by atoms with Crippen LogP contribution < -0.4 is 10.5 Å². The lowest BCUT2D eigenvalue weighted by Crippen LogP contribution is -2.12. The van der Waals surface area contributed by atoms with Gasteiger partial charge in [-0.25, -0.2) is 9.78 Å². The Balaban J connectivity index is 2.19. The smallest absolute Gasteiger partial charge is 0.343 e. The van der Waals surface area contributed by atoms with Crippen molar-refractivity contribution in [3.63, 3.8) is 0 Å². The van der Waals surface area contributed by atoms with E-state index in [2.05, 4.69) is 10.1 Å². The van der Waals surface area contributed by atoms with Crippen molar-refractivity contribution in [1.29, 1.82) is 0 Å². The van der Waals surface area contributed by atoms with Crippen molar-refractivity contribution in [2.75, 3.05) is 26.6 Å². The fourth-order valence-electron chi connectivity index (χ4n) is 2.70. The van der Waals surface area contributed by atoms with E-state index < -0.39 is 5.97 Å². The quantitative estimate of drug-likeness (QED) is 0.676. The summed E-state index contributed by atoms with van der Waals surface area (Å²) in [5, 5.41) is 4.49. The summed E-state index contributed by atoms with van der Waals surface area (Å²) in [7, 11) is 3.20. The Hall–Kier alpha value is -3.13. The fourth-order valence-corrected chi connectivity index (χ4v) is 2.70. The molecular weight excluding hydrogens is 336 g/mol. The van der Waals surface area contributed by atoms with E-state index in [1.54, 1.807) is 21.1 Å². The van der Waals surface area contributed by atoms with Crippen molar-refractivity contribution in [3.8, 4) is 16.9 Å². The number of aromatic nitrogens is 3. The summed E-state index contributed by atoms with van der Waals surface area (Å²) >= 11 is 0.